The van der Waals surface area contributed by atoms with Crippen LogP contribution < -0.4 is 5.32 Å². The fourth-order valence-electron chi connectivity index (χ4n) is 5.13. The maximum Gasteiger partial charge on any atom is 0.269 e. The van der Waals surface area contributed by atoms with Crippen LogP contribution in [0.3, 0.4) is 0 Å². The first-order chi connectivity index (χ1) is 19.2. The Morgan fingerprint density at radius 2 is 2.00 bits per heavy atom. The molecule has 0 bridgehead atoms. The van der Waals surface area contributed by atoms with E-state index in [0.29, 0.717) is 27.1 Å². The molecule has 0 spiro atoms. The van der Waals surface area contributed by atoms with Crippen molar-refractivity contribution in [2.75, 3.05) is 13.1 Å². The van der Waals surface area contributed by atoms with Crippen LogP contribution in [0.25, 0.3) is 17.0 Å². The highest BCUT2D eigenvalue weighted by Gasteiger charge is 2.58. The standard InChI is InChI=1S/C31H25ClF2N4O2/c32-24-11-8-21(9-12-24)6-7-22-10-13-27-26(16-22)25(14-15-36-27)29(40)37-17-28(39)38-20-31(33,34)18-30(38,19-35)23-4-2-1-3-5-23/h1-8,10-16,21H,9,17-18,20H2,(H,37,40)/b7-6+. The lowest BCUT2D eigenvalue weighted by Gasteiger charge is -2.32. The lowest BCUT2D eigenvalue weighted by atomic mass is 9.88. The number of fused-ring (bicyclic) bond motifs is 1. The summed E-state index contributed by atoms with van der Waals surface area (Å²) >= 11 is 5.99. The van der Waals surface area contributed by atoms with Gasteiger partial charge in [0.1, 0.15) is 0 Å². The van der Waals surface area contributed by atoms with E-state index in [9.17, 15) is 23.6 Å². The normalized spacial score (nSPS) is 21.8. The largest absolute Gasteiger partial charge is 0.343 e. The molecule has 9 heteroatoms. The second-order valence-electron chi connectivity index (χ2n) is 9.88. The Hall–Kier alpha value is -4.35. The number of hydrogen-bond acceptors (Lipinski definition) is 4. The highest BCUT2D eigenvalue weighted by Crippen LogP contribution is 2.45. The first-order valence-corrected chi connectivity index (χ1v) is 13.1. The molecule has 2 heterocycles. The van der Waals surface area contributed by atoms with Gasteiger partial charge in [-0.25, -0.2) is 8.78 Å². The Bertz CT molecular complexity index is 1600. The summed E-state index contributed by atoms with van der Waals surface area (Å²) in [7, 11) is 0. The number of nitriles is 1. The van der Waals surface area contributed by atoms with E-state index in [1.807, 2.05) is 48.6 Å². The number of likely N-dealkylation sites (tertiary alicyclic amines) is 1. The zero-order valence-corrected chi connectivity index (χ0v) is 22.1. The molecule has 1 aliphatic carbocycles. The second-order valence-corrected chi connectivity index (χ2v) is 10.3. The molecule has 2 atom stereocenters. The molecule has 6 nitrogen and oxygen atoms in total. The fraction of sp³-hybridized carbons (Fsp3) is 0.226. The quantitative estimate of drug-likeness (QED) is 0.404. The van der Waals surface area contributed by atoms with Crippen molar-refractivity contribution in [2.45, 2.75) is 24.3 Å². The molecule has 5 rings (SSSR count). The maximum absolute atomic E-state index is 14.5. The number of allylic oxidation sites excluding steroid dienone is 5. The number of carbonyl (C=O) groups is 2. The fourth-order valence-corrected chi connectivity index (χ4v) is 5.29. The molecular formula is C31H25ClF2N4O2. The smallest absolute Gasteiger partial charge is 0.269 e. The van der Waals surface area contributed by atoms with E-state index < -0.39 is 42.8 Å². The summed E-state index contributed by atoms with van der Waals surface area (Å²) in [5, 5.41) is 13.8. The Balaban J connectivity index is 1.34. The topological polar surface area (TPSA) is 86.1 Å². The van der Waals surface area contributed by atoms with Gasteiger partial charge in [-0.1, -0.05) is 72.3 Å². The predicted molar refractivity (Wildman–Crippen MR) is 149 cm³/mol. The van der Waals surface area contributed by atoms with Crippen LogP contribution in [0.1, 0.15) is 34.3 Å². The number of rotatable bonds is 6. The average molecular weight is 559 g/mol. The minimum Gasteiger partial charge on any atom is -0.343 e. The van der Waals surface area contributed by atoms with Gasteiger partial charge in [0.25, 0.3) is 11.8 Å². The second kappa shape index (κ2) is 11.0. The lowest BCUT2D eigenvalue weighted by molar-refractivity contribution is -0.133. The van der Waals surface area contributed by atoms with Crippen molar-refractivity contribution in [3.05, 3.63) is 107 Å². The third-order valence-electron chi connectivity index (χ3n) is 7.14. The summed E-state index contributed by atoms with van der Waals surface area (Å²) in [6.45, 7) is -1.45. The summed E-state index contributed by atoms with van der Waals surface area (Å²) in [6.07, 6.45) is 11.3. The zero-order valence-electron chi connectivity index (χ0n) is 21.4. The summed E-state index contributed by atoms with van der Waals surface area (Å²) in [5.41, 5.74) is 0.224. The number of amides is 2. The van der Waals surface area contributed by atoms with Crippen LogP contribution in [0, 0.1) is 17.2 Å². The molecule has 2 aliphatic rings. The molecule has 0 saturated carbocycles. The molecule has 1 aromatic heterocycles. The minimum absolute atomic E-state index is 0.204. The van der Waals surface area contributed by atoms with Gasteiger partial charge in [0.05, 0.1) is 36.7 Å². The molecule has 3 aromatic rings. The van der Waals surface area contributed by atoms with Crippen LogP contribution in [-0.4, -0.2) is 40.7 Å². The molecule has 2 amide bonds. The van der Waals surface area contributed by atoms with Crippen LogP contribution in [0.5, 0.6) is 0 Å². The van der Waals surface area contributed by atoms with Crippen LogP contribution in [0.15, 0.2) is 90.1 Å². The molecule has 1 N–H and O–H groups in total. The van der Waals surface area contributed by atoms with E-state index in [-0.39, 0.29) is 5.92 Å². The van der Waals surface area contributed by atoms with E-state index >= 15 is 0 Å². The Labute approximate surface area is 235 Å². The van der Waals surface area contributed by atoms with Gasteiger partial charge in [0.2, 0.25) is 5.91 Å². The SMILES string of the molecule is N#CC1(c2ccccc2)CC(F)(F)CN1C(=O)CNC(=O)c1ccnc2ccc(/C=C/C3C=CC(Cl)=CC3)cc12. The molecule has 2 aromatic carbocycles. The van der Waals surface area contributed by atoms with Crippen LogP contribution in [0.2, 0.25) is 0 Å². The summed E-state index contributed by atoms with van der Waals surface area (Å²) in [5.74, 6) is -4.36. The molecule has 0 radical (unpaired) electrons. The average Bonchev–Trinajstić information content (AvgIpc) is 3.27. The lowest BCUT2D eigenvalue weighted by Crippen LogP contribution is -2.48. The molecule has 1 fully saturated rings. The molecular weight excluding hydrogens is 534 g/mol. The third kappa shape index (κ3) is 5.51. The van der Waals surface area contributed by atoms with Gasteiger partial charge in [-0.05, 0) is 47.7 Å². The van der Waals surface area contributed by atoms with E-state index in [4.69, 9.17) is 11.6 Å². The first-order valence-electron chi connectivity index (χ1n) is 12.7. The number of benzene rings is 2. The van der Waals surface area contributed by atoms with Gasteiger partial charge in [-0.3, -0.25) is 14.6 Å². The minimum atomic E-state index is -3.24. The molecule has 2 unspecified atom stereocenters. The number of aromatic nitrogens is 1. The van der Waals surface area contributed by atoms with E-state index in [1.165, 1.54) is 6.20 Å². The number of nitrogens with zero attached hydrogens (tertiary/aromatic N) is 3. The number of nitrogens with one attached hydrogen (secondary N) is 1. The number of hydrogen-bond donors (Lipinski definition) is 1. The molecule has 202 valence electrons. The summed E-state index contributed by atoms with van der Waals surface area (Å²) in [4.78, 5) is 31.6. The van der Waals surface area contributed by atoms with Crippen LogP contribution in [0.4, 0.5) is 8.78 Å². The monoisotopic (exact) mass is 558 g/mol. The number of alkyl halides is 2. The highest BCUT2D eigenvalue weighted by molar-refractivity contribution is 6.31. The van der Waals surface area contributed by atoms with Crippen LogP contribution >= 0.6 is 11.6 Å². The molecule has 1 aliphatic heterocycles. The number of carbonyl (C=O) groups excluding carboxylic acids is 2. The van der Waals surface area contributed by atoms with Gasteiger partial charge in [0.15, 0.2) is 5.54 Å². The molecule has 40 heavy (non-hydrogen) atoms. The van der Waals surface area contributed by atoms with Crippen molar-refractivity contribution in [3.63, 3.8) is 0 Å². The summed E-state index contributed by atoms with van der Waals surface area (Å²) < 4.78 is 29.1. The Morgan fingerprint density at radius 3 is 2.73 bits per heavy atom. The number of halogens is 3. The van der Waals surface area contributed by atoms with Gasteiger partial charge < -0.3 is 10.2 Å². The zero-order chi connectivity index (χ0) is 28.3. The van der Waals surface area contributed by atoms with E-state index in [0.717, 1.165) is 16.9 Å². The molecule has 1 saturated heterocycles. The Kier molecular flexibility index (Phi) is 7.51. The van der Waals surface area contributed by atoms with Crippen LogP contribution in [-0.2, 0) is 10.3 Å². The van der Waals surface area contributed by atoms with Crippen molar-refractivity contribution in [1.29, 1.82) is 5.26 Å². The number of pyridine rings is 1. The van der Waals surface area contributed by atoms with Crippen molar-refractivity contribution in [1.82, 2.24) is 15.2 Å². The predicted octanol–water partition coefficient (Wildman–Crippen LogP) is 5.96. The third-order valence-corrected chi connectivity index (χ3v) is 7.42. The van der Waals surface area contributed by atoms with Crippen molar-refractivity contribution in [3.8, 4) is 6.07 Å². The van der Waals surface area contributed by atoms with E-state index in [1.54, 1.807) is 42.5 Å². The van der Waals surface area contributed by atoms with Gasteiger partial charge >= 0.3 is 0 Å². The van der Waals surface area contributed by atoms with Gasteiger partial charge in [-0.2, -0.15) is 5.26 Å². The van der Waals surface area contributed by atoms with Crippen molar-refractivity contribution in [2.24, 2.45) is 5.92 Å². The highest BCUT2D eigenvalue weighted by atomic mass is 35.5. The summed E-state index contributed by atoms with van der Waals surface area (Å²) in [6, 6.07) is 17.1. The van der Waals surface area contributed by atoms with Gasteiger partial charge in [-0.15, -0.1) is 0 Å². The van der Waals surface area contributed by atoms with Crippen molar-refractivity contribution >= 4 is 40.4 Å². The first kappa shape index (κ1) is 27.2. The maximum atomic E-state index is 14.5. The van der Waals surface area contributed by atoms with Gasteiger partial charge in [0, 0.05) is 16.6 Å². The van der Waals surface area contributed by atoms with Crippen molar-refractivity contribution < 1.29 is 18.4 Å². The Morgan fingerprint density at radius 1 is 1.20 bits per heavy atom. The van der Waals surface area contributed by atoms with E-state index in [2.05, 4.69) is 10.3 Å².